The smallest absolute Gasteiger partial charge is 0.391 e. The van der Waals surface area contributed by atoms with E-state index >= 15 is 0 Å². The lowest BCUT2D eigenvalue weighted by atomic mass is 9.85. The summed E-state index contributed by atoms with van der Waals surface area (Å²) in [5.41, 5.74) is 4.40. The molecule has 2 aliphatic heterocycles. The van der Waals surface area contributed by atoms with Crippen LogP contribution in [-0.2, 0) is 47.9 Å². The minimum absolute atomic E-state index is 0.00235. The monoisotopic (exact) mass is 1020 g/mol. The first kappa shape index (κ1) is 53.4. The lowest BCUT2D eigenvalue weighted by Crippen LogP contribution is -2.57. The minimum Gasteiger partial charge on any atom is -0.391 e. The van der Waals surface area contributed by atoms with Crippen LogP contribution >= 0.6 is 23.6 Å². The van der Waals surface area contributed by atoms with E-state index in [2.05, 4.69) is 10.3 Å². The fourth-order valence-corrected chi connectivity index (χ4v) is 10.2. The number of hydrogen-bond donors (Lipinski definition) is 2. The molecule has 0 spiro atoms. The van der Waals surface area contributed by atoms with E-state index in [1.54, 1.807) is 48.3 Å². The fourth-order valence-electron chi connectivity index (χ4n) is 8.89. The molecule has 3 heterocycles. The van der Waals surface area contributed by atoms with Crippen LogP contribution in [0.25, 0.3) is 21.6 Å². The molecule has 2 fully saturated rings. The Kier molecular flexibility index (Phi) is 16.5. The van der Waals surface area contributed by atoms with Gasteiger partial charge < -0.3 is 29.7 Å². The Bertz CT molecular complexity index is 2840. The van der Waals surface area contributed by atoms with Gasteiger partial charge in [-0.05, 0) is 109 Å². The first-order valence-corrected chi connectivity index (χ1v) is 24.8. The zero-order valence-corrected chi connectivity index (χ0v) is 42.5. The SMILES string of the molecule is Cc1ncsc1-c1ccc(CCC(=O)[C@@H]2C[C@@H](O)CN2C(=O)[C@@H](NC(=O)COCCCOCc2ccc(-c3ccc(N4C(=S)N(c5ccc(C#N)c(C(F)(F)F)c5)C(=O)C4(C)C)cc3)cc2)C(C)(C)C)cc1. The van der Waals surface area contributed by atoms with Crippen molar-refractivity contribution in [3.05, 3.63) is 124 Å². The van der Waals surface area contributed by atoms with Crippen LogP contribution in [0, 0.1) is 23.7 Å². The van der Waals surface area contributed by atoms with Gasteiger partial charge in [-0.1, -0.05) is 81.4 Å². The molecule has 18 heteroatoms. The van der Waals surface area contributed by atoms with Gasteiger partial charge in [0.05, 0.1) is 57.7 Å². The normalized spacial score (nSPS) is 17.3. The van der Waals surface area contributed by atoms with Gasteiger partial charge in [-0.25, -0.2) is 4.98 Å². The maximum atomic E-state index is 14.0. The maximum absolute atomic E-state index is 14.0. The highest BCUT2D eigenvalue weighted by molar-refractivity contribution is 7.81. The molecule has 0 radical (unpaired) electrons. The van der Waals surface area contributed by atoms with Crippen LogP contribution < -0.4 is 15.1 Å². The molecule has 0 bridgehead atoms. The molecular weight excluding hydrogens is 966 g/mol. The zero-order valence-electron chi connectivity index (χ0n) is 40.9. The molecule has 3 amide bonds. The molecule has 72 heavy (non-hydrogen) atoms. The summed E-state index contributed by atoms with van der Waals surface area (Å²) < 4.78 is 52.8. The number of hydrogen-bond acceptors (Lipinski definition) is 11. The van der Waals surface area contributed by atoms with Crippen LogP contribution in [0.1, 0.15) is 81.8 Å². The number of aliphatic hydroxyl groups excluding tert-OH is 1. The number of halogens is 3. The van der Waals surface area contributed by atoms with Crippen molar-refractivity contribution in [3.8, 4) is 27.6 Å². The van der Waals surface area contributed by atoms with Crippen LogP contribution in [0.2, 0.25) is 0 Å². The number of rotatable bonds is 18. The summed E-state index contributed by atoms with van der Waals surface area (Å²) in [5.74, 6) is -1.55. The highest BCUT2D eigenvalue weighted by Gasteiger charge is 2.51. The summed E-state index contributed by atoms with van der Waals surface area (Å²) in [6, 6.07) is 26.0. The molecule has 0 saturated carbocycles. The number of thiocarbonyl (C=S) groups is 1. The Balaban J connectivity index is 0.841. The number of β-amino-alcohol motifs (C(OH)–C–C–N with tert-alkyl or cyclic N) is 1. The second-order valence-corrected chi connectivity index (χ2v) is 20.8. The molecular formula is C54H57F3N6O7S2. The summed E-state index contributed by atoms with van der Waals surface area (Å²) in [5, 5.41) is 22.7. The summed E-state index contributed by atoms with van der Waals surface area (Å²) in [6.07, 6.45) is -4.32. The first-order chi connectivity index (χ1) is 34.1. The second-order valence-electron chi connectivity index (χ2n) is 19.6. The van der Waals surface area contributed by atoms with Gasteiger partial charge in [-0.2, -0.15) is 18.4 Å². The Morgan fingerprint density at radius 2 is 1.54 bits per heavy atom. The van der Waals surface area contributed by atoms with Crippen molar-refractivity contribution in [2.24, 2.45) is 5.41 Å². The van der Waals surface area contributed by atoms with Gasteiger partial charge in [0.2, 0.25) is 11.8 Å². The second kappa shape index (κ2) is 22.2. The number of benzene rings is 4. The molecule has 0 unspecified atom stereocenters. The lowest BCUT2D eigenvalue weighted by Gasteiger charge is -2.35. The van der Waals surface area contributed by atoms with Gasteiger partial charge in [0, 0.05) is 38.3 Å². The van der Waals surface area contributed by atoms with Gasteiger partial charge in [0.15, 0.2) is 10.9 Å². The molecule has 7 rings (SSSR count). The van der Waals surface area contributed by atoms with Gasteiger partial charge >= 0.3 is 6.18 Å². The van der Waals surface area contributed by atoms with Crippen LogP contribution in [0.4, 0.5) is 24.5 Å². The largest absolute Gasteiger partial charge is 0.417 e. The molecule has 3 atom stereocenters. The molecule has 378 valence electrons. The van der Waals surface area contributed by atoms with E-state index in [1.807, 2.05) is 93.9 Å². The molecule has 2 saturated heterocycles. The maximum Gasteiger partial charge on any atom is 0.417 e. The number of thiazole rings is 1. The van der Waals surface area contributed by atoms with Crippen molar-refractivity contribution < 1.29 is 46.9 Å². The number of likely N-dealkylation sites (tertiary alicyclic amines) is 1. The molecule has 13 nitrogen and oxygen atoms in total. The number of aliphatic hydroxyl groups is 1. The number of nitrogens with one attached hydrogen (secondary N) is 1. The van der Waals surface area contributed by atoms with E-state index in [-0.39, 0.29) is 49.2 Å². The van der Waals surface area contributed by atoms with E-state index < -0.39 is 64.2 Å². The summed E-state index contributed by atoms with van der Waals surface area (Å²) in [6.45, 7) is 11.4. The van der Waals surface area contributed by atoms with Crippen molar-refractivity contribution >= 4 is 63.5 Å². The highest BCUT2D eigenvalue weighted by Crippen LogP contribution is 2.40. The molecule has 1 aromatic heterocycles. The molecule has 2 N–H and O–H groups in total. The number of ether oxygens (including phenoxy) is 2. The van der Waals surface area contributed by atoms with Crippen LogP contribution in [-0.4, -0.2) is 93.7 Å². The quantitative estimate of drug-likeness (QED) is 0.0635. The Morgan fingerprint density at radius 1 is 0.931 bits per heavy atom. The van der Waals surface area contributed by atoms with E-state index in [0.717, 1.165) is 55.4 Å². The van der Waals surface area contributed by atoms with Gasteiger partial charge in [0.25, 0.3) is 5.91 Å². The number of aromatic nitrogens is 1. The fraction of sp³-hybridized carbons (Fsp3) is 0.389. The number of ketones is 1. The van der Waals surface area contributed by atoms with Gasteiger partial charge in [-0.3, -0.25) is 24.1 Å². The number of carbonyl (C=O) groups is 4. The minimum atomic E-state index is -4.80. The number of carbonyl (C=O) groups excluding carboxylic acids is 4. The van der Waals surface area contributed by atoms with Crippen molar-refractivity contribution in [3.63, 3.8) is 0 Å². The number of nitriles is 1. The van der Waals surface area contributed by atoms with Crippen molar-refractivity contribution in [2.75, 3.05) is 36.2 Å². The summed E-state index contributed by atoms with van der Waals surface area (Å²) >= 11 is 7.25. The van der Waals surface area contributed by atoms with E-state index in [1.165, 1.54) is 11.0 Å². The topological polar surface area (TPSA) is 165 Å². The first-order valence-electron chi connectivity index (χ1n) is 23.5. The third-order valence-electron chi connectivity index (χ3n) is 12.8. The summed E-state index contributed by atoms with van der Waals surface area (Å²) in [7, 11) is 0. The Labute approximate surface area is 426 Å². The standard InChI is InChI=1S/C54H57F3N6O7S2/c1-33-47(72-32-59-33)38-15-8-34(9-16-38)12-23-45(65)44-27-42(64)29-61(44)49(67)48(52(2,3)4)60-46(66)31-70-25-7-24-69-30-35-10-13-36(14-11-35)37-17-20-40(21-18-37)63-51(71)62(50(68)53(63,5)6)41-22-19-39(28-58)43(26-41)54(55,56)57/h8-11,13-22,26,32,42,44,48,64H,7,12,23-25,27,29-31H2,1-6H3,(H,60,66)/t42-,44+,48-/m1/s1. The van der Waals surface area contributed by atoms with Crippen LogP contribution in [0.3, 0.4) is 0 Å². The number of alkyl halides is 3. The Morgan fingerprint density at radius 3 is 2.15 bits per heavy atom. The molecule has 4 aromatic carbocycles. The average molecular weight is 1020 g/mol. The van der Waals surface area contributed by atoms with Crippen LogP contribution in [0.15, 0.2) is 96.5 Å². The number of Topliss-reactive ketones (excluding diaryl/α,β-unsaturated/α-hetero) is 1. The van der Waals surface area contributed by atoms with E-state index in [4.69, 9.17) is 21.7 Å². The predicted molar refractivity (Wildman–Crippen MR) is 273 cm³/mol. The number of anilines is 2. The van der Waals surface area contributed by atoms with Crippen molar-refractivity contribution in [1.29, 1.82) is 5.26 Å². The lowest BCUT2D eigenvalue weighted by molar-refractivity contribution is -0.144. The van der Waals surface area contributed by atoms with Gasteiger partial charge in [-0.15, -0.1) is 11.3 Å². The molecule has 2 aliphatic rings. The van der Waals surface area contributed by atoms with Crippen molar-refractivity contribution in [2.45, 2.75) is 104 Å². The average Bonchev–Trinajstić information content (AvgIpc) is 4.01. The predicted octanol–water partition coefficient (Wildman–Crippen LogP) is 9.21. The van der Waals surface area contributed by atoms with E-state index in [0.29, 0.717) is 31.7 Å². The molecule has 5 aromatic rings. The van der Waals surface area contributed by atoms with Crippen molar-refractivity contribution in [1.82, 2.24) is 15.2 Å². The number of nitrogens with zero attached hydrogens (tertiary/aromatic N) is 5. The number of amides is 3. The summed E-state index contributed by atoms with van der Waals surface area (Å²) in [4.78, 5) is 63.8. The third-order valence-corrected chi connectivity index (χ3v) is 14.2. The third kappa shape index (κ3) is 12.1. The number of aryl methyl sites for hydroxylation is 2. The van der Waals surface area contributed by atoms with Crippen LogP contribution in [0.5, 0.6) is 0 Å². The van der Waals surface area contributed by atoms with Gasteiger partial charge in [0.1, 0.15) is 18.2 Å². The Hall–Kier alpha value is -6.36. The molecule has 0 aliphatic carbocycles. The zero-order chi connectivity index (χ0) is 52.1. The van der Waals surface area contributed by atoms with E-state index in [9.17, 15) is 42.7 Å². The highest BCUT2D eigenvalue weighted by atomic mass is 32.1.